The van der Waals surface area contributed by atoms with Gasteiger partial charge in [0.1, 0.15) is 0 Å². The molecule has 0 bridgehead atoms. The van der Waals surface area contributed by atoms with E-state index < -0.39 is 11.9 Å². The third-order valence-electron chi connectivity index (χ3n) is 2.63. The number of nitrogens with two attached hydrogens (primary N) is 1. The molecule has 0 saturated heterocycles. The fourth-order valence-electron chi connectivity index (χ4n) is 1.42. The minimum absolute atomic E-state index is 0.150. The van der Waals surface area contributed by atoms with E-state index in [1.165, 1.54) is 0 Å². The molecule has 3 heteroatoms. The van der Waals surface area contributed by atoms with Crippen LogP contribution in [-0.4, -0.2) is 17.1 Å². The summed E-state index contributed by atoms with van der Waals surface area (Å²) in [5.74, 6) is -0.102. The van der Waals surface area contributed by atoms with Crippen molar-refractivity contribution in [3.63, 3.8) is 0 Å². The Morgan fingerprint density at radius 3 is 2.45 bits per heavy atom. The van der Waals surface area contributed by atoms with E-state index in [2.05, 4.69) is 6.92 Å². The van der Waals surface area contributed by atoms with E-state index in [0.29, 0.717) is 11.8 Å². The summed E-state index contributed by atoms with van der Waals surface area (Å²) in [5.41, 5.74) is 5.73. The molecule has 1 fully saturated rings. The maximum absolute atomic E-state index is 10.5. The molecule has 4 atom stereocenters. The minimum Gasteiger partial charge on any atom is -0.481 e. The van der Waals surface area contributed by atoms with E-state index in [9.17, 15) is 4.79 Å². The van der Waals surface area contributed by atoms with Crippen molar-refractivity contribution in [1.82, 2.24) is 0 Å². The van der Waals surface area contributed by atoms with Crippen LogP contribution < -0.4 is 5.73 Å². The van der Waals surface area contributed by atoms with Crippen molar-refractivity contribution in [3.05, 3.63) is 0 Å². The van der Waals surface area contributed by atoms with Gasteiger partial charge in [0.25, 0.3) is 0 Å². The highest BCUT2D eigenvalue weighted by atomic mass is 16.4. The number of aliphatic carboxylic acids is 1. The van der Waals surface area contributed by atoms with Gasteiger partial charge in [0.15, 0.2) is 0 Å². The third-order valence-corrected chi connectivity index (χ3v) is 2.63. The fourth-order valence-corrected chi connectivity index (χ4v) is 1.42. The predicted molar refractivity (Wildman–Crippen MR) is 42.0 cm³/mol. The van der Waals surface area contributed by atoms with Gasteiger partial charge in [-0.05, 0) is 18.3 Å². The van der Waals surface area contributed by atoms with Gasteiger partial charge in [-0.25, -0.2) is 0 Å². The van der Waals surface area contributed by atoms with Crippen LogP contribution in [0.4, 0.5) is 0 Å². The lowest BCUT2D eigenvalue weighted by Gasteiger charge is -2.14. The maximum atomic E-state index is 10.5. The molecule has 3 N–H and O–H groups in total. The second-order valence-electron chi connectivity index (χ2n) is 3.58. The molecule has 0 aromatic carbocycles. The normalized spacial score (nSPS) is 34.5. The van der Waals surface area contributed by atoms with Crippen molar-refractivity contribution in [1.29, 1.82) is 0 Å². The highest BCUT2D eigenvalue weighted by Crippen LogP contribution is 2.41. The first-order chi connectivity index (χ1) is 5.04. The Hall–Kier alpha value is -0.570. The molecule has 0 spiro atoms. The van der Waals surface area contributed by atoms with Crippen LogP contribution in [0.5, 0.6) is 0 Å². The molecule has 0 aliphatic heterocycles. The van der Waals surface area contributed by atoms with Gasteiger partial charge in [-0.3, -0.25) is 4.79 Å². The molecule has 1 saturated carbocycles. The quantitative estimate of drug-likeness (QED) is 0.633. The molecular weight excluding hydrogens is 142 g/mol. The summed E-state index contributed by atoms with van der Waals surface area (Å²) in [5, 5.41) is 8.64. The lowest BCUT2D eigenvalue weighted by molar-refractivity contribution is -0.142. The van der Waals surface area contributed by atoms with Gasteiger partial charge < -0.3 is 10.8 Å². The molecule has 3 nitrogen and oxygen atoms in total. The molecule has 0 radical (unpaired) electrons. The summed E-state index contributed by atoms with van der Waals surface area (Å²) in [6.07, 6.45) is 1.10. The Morgan fingerprint density at radius 2 is 2.18 bits per heavy atom. The highest BCUT2D eigenvalue weighted by Gasteiger charge is 2.41. The Kier molecular flexibility index (Phi) is 2.18. The summed E-state index contributed by atoms with van der Waals surface area (Å²) in [7, 11) is 0. The SMILES string of the molecule is CC1CC1C(N)C(C)C(=O)O. The smallest absolute Gasteiger partial charge is 0.307 e. The molecule has 1 aliphatic rings. The van der Waals surface area contributed by atoms with E-state index in [1.54, 1.807) is 6.92 Å². The van der Waals surface area contributed by atoms with Crippen LogP contribution in [0.3, 0.4) is 0 Å². The Balaban J connectivity index is 2.41. The predicted octanol–water partition coefficient (Wildman–Crippen LogP) is 0.690. The summed E-state index contributed by atoms with van der Waals surface area (Å²) in [4.78, 5) is 10.5. The zero-order valence-corrected chi connectivity index (χ0v) is 6.95. The number of carboxylic acid groups (broad SMARTS) is 1. The molecule has 1 aliphatic carbocycles. The average molecular weight is 157 g/mol. The van der Waals surface area contributed by atoms with Crippen LogP contribution in [0.1, 0.15) is 20.3 Å². The van der Waals surface area contributed by atoms with Crippen molar-refractivity contribution in [2.75, 3.05) is 0 Å². The van der Waals surface area contributed by atoms with Crippen LogP contribution in [0.2, 0.25) is 0 Å². The lowest BCUT2D eigenvalue weighted by atomic mass is 9.98. The second kappa shape index (κ2) is 2.81. The topological polar surface area (TPSA) is 63.3 Å². The van der Waals surface area contributed by atoms with Crippen LogP contribution in [-0.2, 0) is 4.79 Å². The molecule has 0 heterocycles. The summed E-state index contributed by atoms with van der Waals surface area (Å²) < 4.78 is 0. The first-order valence-corrected chi connectivity index (χ1v) is 4.02. The highest BCUT2D eigenvalue weighted by molar-refractivity contribution is 5.70. The maximum Gasteiger partial charge on any atom is 0.307 e. The molecule has 0 amide bonds. The number of rotatable bonds is 3. The van der Waals surface area contributed by atoms with Gasteiger partial charge in [0.05, 0.1) is 5.92 Å². The van der Waals surface area contributed by atoms with Crippen LogP contribution in [0.15, 0.2) is 0 Å². The second-order valence-corrected chi connectivity index (χ2v) is 3.58. The van der Waals surface area contributed by atoms with Crippen molar-refractivity contribution in [2.45, 2.75) is 26.3 Å². The minimum atomic E-state index is -0.781. The van der Waals surface area contributed by atoms with E-state index in [0.717, 1.165) is 6.42 Å². The Morgan fingerprint density at radius 1 is 1.73 bits per heavy atom. The Bertz CT molecular complexity index is 169. The molecular formula is C8H15NO2. The summed E-state index contributed by atoms with van der Waals surface area (Å²) in [6.45, 7) is 3.79. The van der Waals surface area contributed by atoms with Crippen LogP contribution in [0, 0.1) is 17.8 Å². The van der Waals surface area contributed by atoms with Crippen molar-refractivity contribution in [2.24, 2.45) is 23.5 Å². The Labute approximate surface area is 66.6 Å². The van der Waals surface area contributed by atoms with Crippen molar-refractivity contribution < 1.29 is 9.90 Å². The molecule has 4 unspecified atom stereocenters. The first kappa shape index (κ1) is 8.53. The number of hydrogen-bond acceptors (Lipinski definition) is 2. The van der Waals surface area contributed by atoms with E-state index in [4.69, 9.17) is 10.8 Å². The van der Waals surface area contributed by atoms with E-state index in [1.807, 2.05) is 0 Å². The molecule has 64 valence electrons. The molecule has 0 aromatic heterocycles. The standard InChI is InChI=1S/C8H15NO2/c1-4-3-6(4)7(9)5(2)8(10)11/h4-7H,3,9H2,1-2H3,(H,10,11). The number of carboxylic acids is 1. The van der Waals surface area contributed by atoms with Gasteiger partial charge >= 0.3 is 5.97 Å². The molecule has 0 aromatic rings. The van der Waals surface area contributed by atoms with Crippen LogP contribution in [0.25, 0.3) is 0 Å². The molecule has 1 rings (SSSR count). The largest absolute Gasteiger partial charge is 0.481 e. The van der Waals surface area contributed by atoms with Gasteiger partial charge in [-0.1, -0.05) is 13.8 Å². The van der Waals surface area contributed by atoms with E-state index >= 15 is 0 Å². The monoisotopic (exact) mass is 157 g/mol. The zero-order valence-electron chi connectivity index (χ0n) is 6.95. The fraction of sp³-hybridized carbons (Fsp3) is 0.875. The van der Waals surface area contributed by atoms with Crippen LogP contribution >= 0.6 is 0 Å². The van der Waals surface area contributed by atoms with Gasteiger partial charge in [-0.2, -0.15) is 0 Å². The van der Waals surface area contributed by atoms with Crippen molar-refractivity contribution in [3.8, 4) is 0 Å². The number of carbonyl (C=O) groups is 1. The summed E-state index contributed by atoms with van der Waals surface area (Å²) >= 11 is 0. The average Bonchev–Trinajstić information content (AvgIpc) is 2.63. The first-order valence-electron chi connectivity index (χ1n) is 4.02. The summed E-state index contributed by atoms with van der Waals surface area (Å²) in [6, 6.07) is -0.150. The third kappa shape index (κ3) is 1.71. The zero-order chi connectivity index (χ0) is 8.59. The van der Waals surface area contributed by atoms with Crippen molar-refractivity contribution >= 4 is 5.97 Å². The molecule has 11 heavy (non-hydrogen) atoms. The lowest BCUT2D eigenvalue weighted by Crippen LogP contribution is -2.35. The number of hydrogen-bond donors (Lipinski definition) is 2. The van der Waals surface area contributed by atoms with Gasteiger partial charge in [0.2, 0.25) is 0 Å². The van der Waals surface area contributed by atoms with E-state index in [-0.39, 0.29) is 6.04 Å². The van der Waals surface area contributed by atoms with Gasteiger partial charge in [-0.15, -0.1) is 0 Å². The van der Waals surface area contributed by atoms with Gasteiger partial charge in [0, 0.05) is 6.04 Å².